The van der Waals surface area contributed by atoms with Crippen LogP contribution in [0.25, 0.3) is 0 Å². The normalized spacial score (nSPS) is 9.40. The number of hydrogen-bond acceptors (Lipinski definition) is 6. The zero-order chi connectivity index (χ0) is 15.0. The first-order chi connectivity index (χ1) is 9.54. The lowest BCUT2D eigenvalue weighted by Gasteiger charge is -2.07. The van der Waals surface area contributed by atoms with E-state index in [2.05, 4.69) is 16.1 Å². The van der Waals surface area contributed by atoms with Crippen LogP contribution < -0.4 is 4.74 Å². The molecule has 1 aromatic carbocycles. The summed E-state index contributed by atoms with van der Waals surface area (Å²) >= 11 is 0. The molecule has 0 saturated carbocycles. The molecule has 0 bridgehead atoms. The topological polar surface area (TPSA) is 99.1 Å². The minimum absolute atomic E-state index is 0.131. The lowest BCUT2D eigenvalue weighted by molar-refractivity contribution is -0.138. The number of hydrogen-bond donors (Lipinski definition) is 1. The second-order valence-corrected chi connectivity index (χ2v) is 3.37. The van der Waals surface area contributed by atoms with Gasteiger partial charge in [0.1, 0.15) is 24.5 Å². The molecule has 0 fully saturated rings. The van der Waals surface area contributed by atoms with Gasteiger partial charge in [-0.05, 0) is 12.1 Å². The fourth-order valence-electron chi connectivity index (χ4n) is 1.18. The highest BCUT2D eigenvalue weighted by atomic mass is 16.7. The Labute approximate surface area is 114 Å². The molecule has 0 saturated heterocycles. The molecule has 0 aliphatic rings. The summed E-state index contributed by atoms with van der Waals surface area (Å²) < 4.78 is 13.9. The molecule has 1 aromatic rings. The van der Waals surface area contributed by atoms with Crippen molar-refractivity contribution in [3.05, 3.63) is 42.5 Å². The summed E-state index contributed by atoms with van der Waals surface area (Å²) in [5.41, 5.74) is -0.164. The number of carboxylic acids is 1. The molecule has 1 rings (SSSR count). The number of aromatic carboxylic acids is 1. The van der Waals surface area contributed by atoms with Gasteiger partial charge < -0.3 is 19.3 Å². The van der Waals surface area contributed by atoms with Gasteiger partial charge in [0.15, 0.2) is 0 Å². The summed E-state index contributed by atoms with van der Waals surface area (Å²) in [6.45, 7) is 2.83. The van der Waals surface area contributed by atoms with Gasteiger partial charge in [-0.25, -0.2) is 14.4 Å². The van der Waals surface area contributed by atoms with E-state index in [1.165, 1.54) is 24.3 Å². The Morgan fingerprint density at radius 2 is 1.80 bits per heavy atom. The van der Waals surface area contributed by atoms with E-state index in [1.807, 2.05) is 0 Å². The van der Waals surface area contributed by atoms with Crippen LogP contribution >= 0.6 is 0 Å². The molecule has 0 aliphatic heterocycles. The third kappa shape index (κ3) is 4.81. The van der Waals surface area contributed by atoms with Crippen LogP contribution in [0.1, 0.15) is 10.4 Å². The van der Waals surface area contributed by atoms with Gasteiger partial charge in [0, 0.05) is 6.08 Å². The first-order valence-electron chi connectivity index (χ1n) is 5.50. The lowest BCUT2D eigenvalue weighted by Crippen LogP contribution is -2.16. The minimum atomic E-state index is -1.23. The highest BCUT2D eigenvalue weighted by Crippen LogP contribution is 2.18. The van der Waals surface area contributed by atoms with Gasteiger partial charge in [-0.2, -0.15) is 0 Å². The van der Waals surface area contributed by atoms with E-state index in [9.17, 15) is 14.4 Å². The van der Waals surface area contributed by atoms with E-state index in [1.54, 1.807) is 0 Å². The largest absolute Gasteiger partial charge is 0.513 e. The fraction of sp³-hybridized carbons (Fsp3) is 0.154. The molecule has 0 atom stereocenters. The fourth-order valence-corrected chi connectivity index (χ4v) is 1.18. The minimum Gasteiger partial charge on any atom is -0.478 e. The van der Waals surface area contributed by atoms with E-state index in [0.717, 1.165) is 6.08 Å². The number of ether oxygens (including phenoxy) is 3. The van der Waals surface area contributed by atoms with Gasteiger partial charge >= 0.3 is 18.1 Å². The molecule has 0 spiro atoms. The Balaban J connectivity index is 2.45. The number of para-hydroxylation sites is 1. The van der Waals surface area contributed by atoms with Crippen molar-refractivity contribution in [3.63, 3.8) is 0 Å². The quantitative estimate of drug-likeness (QED) is 0.366. The Hall–Kier alpha value is -2.83. The molecule has 0 aromatic heterocycles. The Morgan fingerprint density at radius 1 is 1.15 bits per heavy atom. The molecule has 0 heterocycles. The van der Waals surface area contributed by atoms with Crippen molar-refractivity contribution >= 4 is 18.1 Å². The third-order valence-corrected chi connectivity index (χ3v) is 2.02. The molecule has 0 aliphatic carbocycles. The summed E-state index contributed by atoms with van der Waals surface area (Å²) in [5, 5.41) is 8.88. The van der Waals surface area contributed by atoms with E-state index < -0.39 is 18.1 Å². The number of esters is 1. The van der Waals surface area contributed by atoms with Gasteiger partial charge in [-0.3, -0.25) is 0 Å². The third-order valence-electron chi connectivity index (χ3n) is 2.02. The zero-order valence-electron chi connectivity index (χ0n) is 10.4. The van der Waals surface area contributed by atoms with Gasteiger partial charge in [0.25, 0.3) is 0 Å². The van der Waals surface area contributed by atoms with Crippen molar-refractivity contribution in [2.45, 2.75) is 0 Å². The second-order valence-electron chi connectivity index (χ2n) is 3.37. The average molecular weight is 280 g/mol. The van der Waals surface area contributed by atoms with Crippen molar-refractivity contribution in [1.29, 1.82) is 0 Å². The number of benzene rings is 1. The number of carbonyl (C=O) groups excluding carboxylic acids is 2. The summed E-state index contributed by atoms with van der Waals surface area (Å²) in [6.07, 6.45) is -0.116. The van der Waals surface area contributed by atoms with Gasteiger partial charge in [0.2, 0.25) is 0 Å². The predicted octanol–water partition coefficient (Wildman–Crippen LogP) is 1.63. The summed E-state index contributed by atoms with van der Waals surface area (Å²) in [7, 11) is 0. The van der Waals surface area contributed by atoms with Crippen molar-refractivity contribution in [1.82, 2.24) is 0 Å². The highest BCUT2D eigenvalue weighted by Gasteiger charge is 2.14. The number of carboxylic acid groups (broad SMARTS) is 1. The maximum atomic E-state index is 11.3. The van der Waals surface area contributed by atoms with Crippen LogP contribution in [0.4, 0.5) is 4.79 Å². The SMILES string of the molecule is C=CC(=O)OCCOC(=O)Oc1ccccc1C(=O)O. The molecule has 7 heteroatoms. The molecule has 1 N–H and O–H groups in total. The predicted molar refractivity (Wildman–Crippen MR) is 66.5 cm³/mol. The van der Waals surface area contributed by atoms with Crippen LogP contribution in [-0.2, 0) is 14.3 Å². The van der Waals surface area contributed by atoms with Crippen molar-refractivity contribution in [2.24, 2.45) is 0 Å². The molecule has 20 heavy (non-hydrogen) atoms. The number of rotatable bonds is 6. The molecule has 0 radical (unpaired) electrons. The maximum Gasteiger partial charge on any atom is 0.513 e. The van der Waals surface area contributed by atoms with Crippen molar-refractivity contribution in [3.8, 4) is 5.75 Å². The molecule has 7 nitrogen and oxygen atoms in total. The lowest BCUT2D eigenvalue weighted by atomic mass is 10.2. The molecular formula is C13H12O7. The van der Waals surface area contributed by atoms with Gasteiger partial charge in [0.05, 0.1) is 0 Å². The summed E-state index contributed by atoms with van der Waals surface area (Å²) in [4.78, 5) is 32.9. The standard InChI is InChI=1S/C13H12O7/c1-2-11(14)18-7-8-19-13(17)20-10-6-4-3-5-9(10)12(15)16/h2-6H,1,7-8H2,(H,15,16). The second kappa shape index (κ2) is 7.57. The molecular weight excluding hydrogens is 268 g/mol. The van der Waals surface area contributed by atoms with Crippen molar-refractivity contribution < 1.29 is 33.7 Å². The molecule has 0 unspecified atom stereocenters. The van der Waals surface area contributed by atoms with E-state index >= 15 is 0 Å². The van der Waals surface area contributed by atoms with E-state index in [0.29, 0.717) is 0 Å². The van der Waals surface area contributed by atoms with E-state index in [-0.39, 0.29) is 24.5 Å². The summed E-state index contributed by atoms with van der Waals surface area (Å²) in [6, 6.07) is 5.62. The first kappa shape index (κ1) is 15.2. The Kier molecular flexibility index (Phi) is 5.76. The van der Waals surface area contributed by atoms with Crippen LogP contribution in [0, 0.1) is 0 Å². The molecule has 106 valence electrons. The van der Waals surface area contributed by atoms with Crippen molar-refractivity contribution in [2.75, 3.05) is 13.2 Å². The van der Waals surface area contributed by atoms with Crippen LogP contribution in [0.2, 0.25) is 0 Å². The van der Waals surface area contributed by atoms with E-state index in [4.69, 9.17) is 9.84 Å². The number of carbonyl (C=O) groups is 3. The van der Waals surface area contributed by atoms with Crippen LogP contribution in [0.3, 0.4) is 0 Å². The smallest absolute Gasteiger partial charge is 0.478 e. The van der Waals surface area contributed by atoms with Crippen LogP contribution in [-0.4, -0.2) is 36.4 Å². The van der Waals surface area contributed by atoms with Gasteiger partial charge in [-0.15, -0.1) is 0 Å². The Bertz CT molecular complexity index is 521. The summed E-state index contributed by atoms with van der Waals surface area (Å²) in [5.74, 6) is -2.00. The van der Waals surface area contributed by atoms with Crippen LogP contribution in [0.5, 0.6) is 5.75 Å². The first-order valence-corrected chi connectivity index (χ1v) is 5.50. The Morgan fingerprint density at radius 3 is 2.45 bits per heavy atom. The molecule has 0 amide bonds. The van der Waals surface area contributed by atoms with Crippen LogP contribution in [0.15, 0.2) is 36.9 Å². The highest BCUT2D eigenvalue weighted by molar-refractivity contribution is 5.91. The zero-order valence-corrected chi connectivity index (χ0v) is 10.4. The van der Waals surface area contributed by atoms with Gasteiger partial charge in [-0.1, -0.05) is 18.7 Å². The maximum absolute atomic E-state index is 11.3. The monoisotopic (exact) mass is 280 g/mol. The average Bonchev–Trinajstić information content (AvgIpc) is 2.43.